The maximum absolute atomic E-state index is 12.9. The van der Waals surface area contributed by atoms with Gasteiger partial charge in [-0.15, -0.1) is 0 Å². The van der Waals surface area contributed by atoms with Gasteiger partial charge in [0.25, 0.3) is 0 Å². The van der Waals surface area contributed by atoms with E-state index in [0.29, 0.717) is 6.54 Å². The van der Waals surface area contributed by atoms with Gasteiger partial charge in [0.15, 0.2) is 0 Å². The molecular formula is C14H16F3N3O. The molecule has 1 aromatic carbocycles. The van der Waals surface area contributed by atoms with Crippen LogP contribution in [-0.2, 0) is 26.3 Å². The smallest absolute Gasteiger partial charge is 0.433 e. The highest BCUT2D eigenvalue weighted by Crippen LogP contribution is 2.31. The van der Waals surface area contributed by atoms with Crippen molar-refractivity contribution in [1.82, 2.24) is 15.1 Å². The average molecular weight is 299 g/mol. The van der Waals surface area contributed by atoms with Crippen LogP contribution in [0.1, 0.15) is 16.8 Å². The topological polar surface area (TPSA) is 39.1 Å². The van der Waals surface area contributed by atoms with Crippen LogP contribution in [0.4, 0.5) is 13.2 Å². The minimum atomic E-state index is -4.40. The quantitative estimate of drug-likeness (QED) is 0.922. The summed E-state index contributed by atoms with van der Waals surface area (Å²) in [5, 5.41) is 6.66. The number of aryl methyl sites for hydroxylation is 1. The maximum Gasteiger partial charge on any atom is 0.433 e. The molecular weight excluding hydrogens is 283 g/mol. The number of benzene rings is 1. The first-order valence-electron chi connectivity index (χ1n) is 6.33. The minimum Gasteiger partial charge on any atom is -0.497 e. The van der Waals surface area contributed by atoms with E-state index < -0.39 is 11.9 Å². The summed E-state index contributed by atoms with van der Waals surface area (Å²) < 4.78 is 44.5. The number of rotatable bonds is 5. The van der Waals surface area contributed by atoms with Gasteiger partial charge in [0.2, 0.25) is 0 Å². The molecule has 2 aromatic rings. The SMILES string of the molecule is COc1ccc(CNCc2cnn(C)c2C(F)(F)F)cc1. The molecule has 0 fully saturated rings. The first-order chi connectivity index (χ1) is 9.91. The molecule has 0 unspecified atom stereocenters. The number of alkyl halides is 3. The predicted octanol–water partition coefficient (Wildman–Crippen LogP) is 2.74. The molecule has 0 bridgehead atoms. The Balaban J connectivity index is 1.97. The molecule has 0 saturated heterocycles. The van der Waals surface area contributed by atoms with E-state index >= 15 is 0 Å². The van der Waals surface area contributed by atoms with Crippen LogP contribution in [-0.4, -0.2) is 16.9 Å². The van der Waals surface area contributed by atoms with Crippen molar-refractivity contribution < 1.29 is 17.9 Å². The second-order valence-electron chi connectivity index (χ2n) is 4.59. The molecule has 7 heteroatoms. The molecule has 0 saturated carbocycles. The minimum absolute atomic E-state index is 0.106. The highest BCUT2D eigenvalue weighted by Gasteiger charge is 2.36. The summed E-state index contributed by atoms with van der Waals surface area (Å²) in [4.78, 5) is 0. The number of ether oxygens (including phenoxy) is 1. The van der Waals surface area contributed by atoms with Crippen LogP contribution >= 0.6 is 0 Å². The Hall–Kier alpha value is -2.02. The van der Waals surface area contributed by atoms with Crippen molar-refractivity contribution in [2.75, 3.05) is 7.11 Å². The van der Waals surface area contributed by atoms with Gasteiger partial charge >= 0.3 is 6.18 Å². The standard InChI is InChI=1S/C14H16F3N3O/c1-20-13(14(15,16)17)11(9-19-20)8-18-7-10-3-5-12(21-2)6-4-10/h3-6,9,18H,7-8H2,1-2H3. The van der Waals surface area contributed by atoms with Gasteiger partial charge in [-0.05, 0) is 17.7 Å². The molecule has 21 heavy (non-hydrogen) atoms. The first-order valence-corrected chi connectivity index (χ1v) is 6.33. The van der Waals surface area contributed by atoms with Gasteiger partial charge in [0, 0.05) is 25.7 Å². The van der Waals surface area contributed by atoms with Crippen LogP contribution in [0.5, 0.6) is 5.75 Å². The highest BCUT2D eigenvalue weighted by atomic mass is 19.4. The third-order valence-electron chi connectivity index (χ3n) is 3.09. The molecule has 1 heterocycles. The highest BCUT2D eigenvalue weighted by molar-refractivity contribution is 5.27. The molecule has 2 rings (SSSR count). The summed E-state index contributed by atoms with van der Waals surface area (Å²) in [6.07, 6.45) is -3.16. The lowest BCUT2D eigenvalue weighted by molar-refractivity contribution is -0.144. The summed E-state index contributed by atoms with van der Waals surface area (Å²) >= 11 is 0. The zero-order chi connectivity index (χ0) is 15.5. The van der Waals surface area contributed by atoms with Gasteiger partial charge in [-0.2, -0.15) is 18.3 Å². The van der Waals surface area contributed by atoms with Crippen molar-refractivity contribution in [1.29, 1.82) is 0 Å². The zero-order valence-corrected chi connectivity index (χ0v) is 11.7. The van der Waals surface area contributed by atoms with E-state index in [1.807, 2.05) is 24.3 Å². The largest absolute Gasteiger partial charge is 0.497 e. The Kier molecular flexibility index (Phi) is 4.52. The van der Waals surface area contributed by atoms with Crippen molar-refractivity contribution in [3.05, 3.63) is 47.3 Å². The number of hydrogen-bond donors (Lipinski definition) is 1. The molecule has 4 nitrogen and oxygen atoms in total. The fourth-order valence-corrected chi connectivity index (χ4v) is 2.06. The lowest BCUT2D eigenvalue weighted by Crippen LogP contribution is -2.18. The molecule has 0 aliphatic carbocycles. The molecule has 0 atom stereocenters. The Morgan fingerprint density at radius 3 is 2.43 bits per heavy atom. The third kappa shape index (κ3) is 3.75. The van der Waals surface area contributed by atoms with Crippen LogP contribution in [0.2, 0.25) is 0 Å². The molecule has 0 aliphatic heterocycles. The van der Waals surface area contributed by atoms with Crippen LogP contribution in [0, 0.1) is 0 Å². The monoisotopic (exact) mass is 299 g/mol. The van der Waals surface area contributed by atoms with Gasteiger partial charge in [-0.1, -0.05) is 12.1 Å². The molecule has 1 aromatic heterocycles. The summed E-state index contributed by atoms with van der Waals surface area (Å²) in [6, 6.07) is 7.34. The van der Waals surface area contributed by atoms with E-state index in [1.165, 1.54) is 13.2 Å². The summed E-state index contributed by atoms with van der Waals surface area (Å²) in [6.45, 7) is 0.574. The van der Waals surface area contributed by atoms with Crippen LogP contribution in [0.3, 0.4) is 0 Å². The fraction of sp³-hybridized carbons (Fsp3) is 0.357. The fourth-order valence-electron chi connectivity index (χ4n) is 2.06. The molecule has 114 valence electrons. The van der Waals surface area contributed by atoms with Gasteiger partial charge in [0.1, 0.15) is 11.4 Å². The zero-order valence-electron chi connectivity index (χ0n) is 11.7. The van der Waals surface area contributed by atoms with E-state index in [4.69, 9.17) is 4.74 Å². The molecule has 0 amide bonds. The Labute approximate surface area is 120 Å². The van der Waals surface area contributed by atoms with E-state index in [0.717, 1.165) is 16.0 Å². The Bertz CT molecular complexity index is 591. The van der Waals surface area contributed by atoms with Crippen LogP contribution in [0.15, 0.2) is 30.5 Å². The average Bonchev–Trinajstić information content (AvgIpc) is 2.80. The lowest BCUT2D eigenvalue weighted by Gasteiger charge is -2.10. The van der Waals surface area contributed by atoms with Crippen molar-refractivity contribution in [3.63, 3.8) is 0 Å². The molecule has 0 aliphatic rings. The molecule has 0 spiro atoms. The van der Waals surface area contributed by atoms with Crippen molar-refractivity contribution >= 4 is 0 Å². The normalized spacial score (nSPS) is 11.7. The molecule has 0 radical (unpaired) electrons. The lowest BCUT2D eigenvalue weighted by atomic mass is 10.2. The van der Waals surface area contributed by atoms with E-state index in [-0.39, 0.29) is 12.1 Å². The number of methoxy groups -OCH3 is 1. The Morgan fingerprint density at radius 1 is 1.19 bits per heavy atom. The summed E-state index contributed by atoms with van der Waals surface area (Å²) in [5.74, 6) is 0.741. The van der Waals surface area contributed by atoms with Gasteiger partial charge < -0.3 is 10.1 Å². The predicted molar refractivity (Wildman–Crippen MR) is 71.7 cm³/mol. The van der Waals surface area contributed by atoms with Gasteiger partial charge in [-0.3, -0.25) is 4.68 Å². The Morgan fingerprint density at radius 2 is 1.86 bits per heavy atom. The van der Waals surface area contributed by atoms with Gasteiger partial charge in [0.05, 0.1) is 13.3 Å². The number of nitrogens with zero attached hydrogens (tertiary/aromatic N) is 2. The number of aromatic nitrogens is 2. The number of nitrogens with one attached hydrogen (secondary N) is 1. The third-order valence-corrected chi connectivity index (χ3v) is 3.09. The summed E-state index contributed by atoms with van der Waals surface area (Å²) in [7, 11) is 2.87. The van der Waals surface area contributed by atoms with Crippen LogP contribution < -0.4 is 10.1 Å². The van der Waals surface area contributed by atoms with E-state index in [1.54, 1.807) is 7.11 Å². The van der Waals surface area contributed by atoms with Crippen molar-refractivity contribution in [2.45, 2.75) is 19.3 Å². The van der Waals surface area contributed by atoms with Crippen molar-refractivity contribution in [2.24, 2.45) is 7.05 Å². The van der Waals surface area contributed by atoms with E-state index in [2.05, 4.69) is 10.4 Å². The van der Waals surface area contributed by atoms with E-state index in [9.17, 15) is 13.2 Å². The molecule has 1 N–H and O–H groups in total. The number of hydrogen-bond acceptors (Lipinski definition) is 3. The van der Waals surface area contributed by atoms with Gasteiger partial charge in [-0.25, -0.2) is 0 Å². The first kappa shape index (κ1) is 15.4. The van der Waals surface area contributed by atoms with Crippen molar-refractivity contribution in [3.8, 4) is 5.75 Å². The number of halogens is 3. The second kappa shape index (κ2) is 6.17. The summed E-state index contributed by atoms with van der Waals surface area (Å²) in [5.41, 5.74) is 0.386. The van der Waals surface area contributed by atoms with Crippen LogP contribution in [0.25, 0.3) is 0 Å². The second-order valence-corrected chi connectivity index (χ2v) is 4.59. The maximum atomic E-state index is 12.9.